The Bertz CT molecular complexity index is 605. The molecule has 0 aliphatic heterocycles. The number of aromatic hydroxyl groups is 1. The number of rotatable bonds is 10. The third-order valence-electron chi connectivity index (χ3n) is 5.20. The van der Waals surface area contributed by atoms with E-state index in [1.54, 1.807) is 12.1 Å². The molecule has 2 rings (SSSR count). The van der Waals surface area contributed by atoms with E-state index < -0.39 is 0 Å². The Labute approximate surface area is 260 Å². The van der Waals surface area contributed by atoms with Gasteiger partial charge in [-0.15, -0.1) is 47.3 Å². The molecule has 0 aromatic heterocycles. The lowest BCUT2D eigenvalue weighted by Gasteiger charge is -2.01. The molecule has 0 aliphatic carbocycles. The van der Waals surface area contributed by atoms with Gasteiger partial charge in [0, 0.05) is 0 Å². The summed E-state index contributed by atoms with van der Waals surface area (Å²) in [6.07, 6.45) is 11.9. The van der Waals surface area contributed by atoms with Gasteiger partial charge in [-0.05, 0) is 59.6 Å². The maximum atomic E-state index is 8.85. The van der Waals surface area contributed by atoms with Gasteiger partial charge in [0.15, 0.2) is 0 Å². The van der Waals surface area contributed by atoms with Crippen molar-refractivity contribution in [3.05, 3.63) is 65.2 Å². The highest BCUT2D eigenvalue weighted by atomic mass is 79.9. The lowest BCUT2D eigenvalue weighted by Crippen LogP contribution is -1.97. The largest absolute Gasteiger partial charge is 0.508 e. The van der Waals surface area contributed by atoms with Crippen LogP contribution in [0.25, 0.3) is 0 Å². The molecule has 220 valence electrons. The van der Waals surface area contributed by atoms with Gasteiger partial charge in [0.25, 0.3) is 0 Å². The van der Waals surface area contributed by atoms with E-state index in [9.17, 15) is 0 Å². The minimum atomic E-state index is -0.0955. The van der Waals surface area contributed by atoms with Crippen LogP contribution in [0.4, 0.5) is 0 Å². The highest BCUT2D eigenvalue weighted by Gasteiger charge is 1.94. The van der Waals surface area contributed by atoms with E-state index in [-0.39, 0.29) is 15.4 Å². The number of aryl methyl sites for hydroxylation is 3. The summed E-state index contributed by atoms with van der Waals surface area (Å²) in [5, 5.41) is 26.5. The highest BCUT2D eigenvalue weighted by molar-refractivity contribution is 9.69. The van der Waals surface area contributed by atoms with Gasteiger partial charge >= 0.3 is 3.18 Å². The van der Waals surface area contributed by atoms with Gasteiger partial charge in [-0.1, -0.05) is 118 Å². The second-order valence-electron chi connectivity index (χ2n) is 9.63. The molecule has 3 N–H and O–H groups in total. The predicted octanol–water partition coefficient (Wildman–Crippen LogP) is 10.8. The van der Waals surface area contributed by atoms with Crippen LogP contribution in [0, 0.1) is 20.8 Å². The quantitative estimate of drug-likeness (QED) is 0.169. The van der Waals surface area contributed by atoms with Crippen molar-refractivity contribution in [2.24, 2.45) is 0 Å². The van der Waals surface area contributed by atoms with Gasteiger partial charge in [-0.2, -0.15) is 0 Å². The van der Waals surface area contributed by atoms with Crippen molar-refractivity contribution >= 4 is 50.5 Å². The molecule has 0 saturated carbocycles. The molecule has 2 atom stereocenters. The fourth-order valence-electron chi connectivity index (χ4n) is 2.91. The van der Waals surface area contributed by atoms with Gasteiger partial charge in [0.1, 0.15) is 5.75 Å². The van der Waals surface area contributed by atoms with Crippen LogP contribution in [0.1, 0.15) is 109 Å². The average molecular weight is 725 g/mol. The van der Waals surface area contributed by atoms with E-state index in [1.165, 1.54) is 68.1 Å². The zero-order valence-corrected chi connectivity index (χ0v) is 29.7. The summed E-state index contributed by atoms with van der Waals surface area (Å²) in [5.41, 5.74) is 3.83. The molecule has 7 heteroatoms. The topological polar surface area (TPSA) is 60.7 Å². The summed E-state index contributed by atoms with van der Waals surface area (Å²) in [4.78, 5) is 0. The monoisotopic (exact) mass is 722 g/mol. The highest BCUT2D eigenvalue weighted by Crippen LogP contribution is 2.08. The van der Waals surface area contributed by atoms with E-state index in [4.69, 9.17) is 15.3 Å². The molecular formula is C31H54BBr3O3. The summed E-state index contributed by atoms with van der Waals surface area (Å²) in [6.45, 7) is 14.3. The van der Waals surface area contributed by atoms with E-state index in [0.29, 0.717) is 5.75 Å². The maximum Gasteiger partial charge on any atom is 0.369 e. The van der Waals surface area contributed by atoms with Gasteiger partial charge in [0.05, 0.1) is 12.2 Å². The number of aliphatic hydroxyl groups is 2. The SMILES string of the molecule is BrB(Br)Br.CCCCCC[C@@H](C)O.CCCCCC[C@@H](C)O.Cc1ccc(C)cc1.Cc1ccc(O)cc1. The summed E-state index contributed by atoms with van der Waals surface area (Å²) < 4.78 is 0.271. The lowest BCUT2D eigenvalue weighted by molar-refractivity contribution is 0.180. The van der Waals surface area contributed by atoms with E-state index in [0.717, 1.165) is 12.8 Å². The number of benzene rings is 2. The number of phenolic OH excluding ortho intramolecular Hbond substituents is 1. The van der Waals surface area contributed by atoms with Crippen LogP contribution in [0.2, 0.25) is 0 Å². The molecule has 3 nitrogen and oxygen atoms in total. The molecule has 0 spiro atoms. The van der Waals surface area contributed by atoms with E-state index in [2.05, 4.69) is 99.2 Å². The number of hydrogen-bond donors (Lipinski definition) is 3. The molecule has 0 fully saturated rings. The smallest absolute Gasteiger partial charge is 0.369 e. The molecule has 0 aliphatic rings. The first-order valence-electron chi connectivity index (χ1n) is 13.9. The molecule has 0 saturated heterocycles. The lowest BCUT2D eigenvalue weighted by atomic mass is 10.1. The fraction of sp³-hybridized carbons (Fsp3) is 0.613. The van der Waals surface area contributed by atoms with Crippen LogP contribution < -0.4 is 0 Å². The van der Waals surface area contributed by atoms with Crippen molar-refractivity contribution in [3.8, 4) is 5.75 Å². The van der Waals surface area contributed by atoms with Gasteiger partial charge < -0.3 is 15.3 Å². The van der Waals surface area contributed by atoms with Crippen LogP contribution in [0.15, 0.2) is 48.5 Å². The van der Waals surface area contributed by atoms with Crippen molar-refractivity contribution in [2.45, 2.75) is 125 Å². The minimum absolute atomic E-state index is 0.0955. The second kappa shape index (κ2) is 31.2. The Kier molecular flexibility index (Phi) is 34.6. The molecule has 38 heavy (non-hydrogen) atoms. The average Bonchev–Trinajstić information content (AvgIpc) is 2.84. The molecule has 0 radical (unpaired) electrons. The Hall–Kier alpha value is -0.335. The Morgan fingerprint density at radius 2 is 0.842 bits per heavy atom. The summed E-state index contributed by atoms with van der Waals surface area (Å²) in [7, 11) is 0. The van der Waals surface area contributed by atoms with Crippen molar-refractivity contribution in [3.63, 3.8) is 0 Å². The van der Waals surface area contributed by atoms with Crippen LogP contribution >= 0.6 is 47.3 Å². The molecule has 0 bridgehead atoms. The van der Waals surface area contributed by atoms with Gasteiger partial charge in [0.2, 0.25) is 0 Å². The third kappa shape index (κ3) is 42.7. The van der Waals surface area contributed by atoms with Crippen molar-refractivity contribution in [1.82, 2.24) is 0 Å². The number of unbranched alkanes of at least 4 members (excludes halogenated alkanes) is 6. The summed E-state index contributed by atoms with van der Waals surface area (Å²) >= 11 is 9.31. The molecular weight excluding hydrogens is 671 g/mol. The number of aliphatic hydroxyl groups excluding tert-OH is 2. The van der Waals surface area contributed by atoms with Crippen LogP contribution in [-0.2, 0) is 0 Å². The first-order valence-corrected chi connectivity index (χ1v) is 16.7. The van der Waals surface area contributed by atoms with Crippen LogP contribution in [-0.4, -0.2) is 30.7 Å². The fourth-order valence-corrected chi connectivity index (χ4v) is 2.91. The van der Waals surface area contributed by atoms with Crippen molar-refractivity contribution in [2.75, 3.05) is 0 Å². The maximum absolute atomic E-state index is 8.85. The van der Waals surface area contributed by atoms with Gasteiger partial charge in [-0.3, -0.25) is 0 Å². The van der Waals surface area contributed by atoms with E-state index >= 15 is 0 Å². The Morgan fingerprint density at radius 1 is 0.579 bits per heavy atom. The van der Waals surface area contributed by atoms with Gasteiger partial charge in [-0.25, -0.2) is 0 Å². The van der Waals surface area contributed by atoms with E-state index in [1.807, 2.05) is 32.9 Å². The number of halogens is 3. The minimum Gasteiger partial charge on any atom is -0.508 e. The number of hydrogen-bond acceptors (Lipinski definition) is 3. The molecule has 0 heterocycles. The van der Waals surface area contributed by atoms with Crippen LogP contribution in [0.3, 0.4) is 0 Å². The Balaban J connectivity index is -0.000000411. The molecule has 2 aromatic rings. The second-order valence-corrected chi connectivity index (χ2v) is 16.1. The third-order valence-corrected chi connectivity index (χ3v) is 5.20. The van der Waals surface area contributed by atoms with Crippen LogP contribution in [0.5, 0.6) is 5.75 Å². The van der Waals surface area contributed by atoms with Crippen molar-refractivity contribution < 1.29 is 15.3 Å². The molecule has 0 amide bonds. The number of phenols is 1. The van der Waals surface area contributed by atoms with Crippen molar-refractivity contribution in [1.29, 1.82) is 0 Å². The zero-order valence-electron chi connectivity index (χ0n) is 24.9. The normalized spacial score (nSPS) is 11.1. The first kappa shape index (κ1) is 42.1. The zero-order chi connectivity index (χ0) is 29.8. The summed E-state index contributed by atoms with van der Waals surface area (Å²) in [5.74, 6) is 0.329. The Morgan fingerprint density at radius 3 is 1.05 bits per heavy atom. The predicted molar refractivity (Wildman–Crippen MR) is 182 cm³/mol. The standard InChI is InChI=1S/2C8H18O.C8H10.C7H8O.BBr3/c2*1-3-4-5-6-7-8(2)9;1-7-3-5-8(2)6-4-7;1-6-2-4-7(8)5-3-6;2-1(3)4/h2*8-9H,3-7H2,1-2H3;3-6H,1-2H3;2-5,8H,1H3;/t2*8-;;;/m11.../s1. The summed E-state index contributed by atoms with van der Waals surface area (Å²) in [6, 6.07) is 15.6. The first-order chi connectivity index (χ1) is 17.8. The molecule has 0 unspecified atom stereocenters. The molecule has 2 aromatic carbocycles.